The van der Waals surface area contributed by atoms with Crippen LogP contribution in [0.5, 0.6) is 0 Å². The molecule has 104 valence electrons. The fraction of sp³-hybridized carbons (Fsp3) is 0.462. The summed E-state index contributed by atoms with van der Waals surface area (Å²) in [6.45, 7) is 2.07. The second kappa shape index (κ2) is 6.72. The molecule has 1 aliphatic heterocycles. The molecular formula is C13H17Br2N3O. The van der Waals surface area contributed by atoms with Crippen LogP contribution in [0.2, 0.25) is 0 Å². The third kappa shape index (κ3) is 4.47. The van der Waals surface area contributed by atoms with Crippen molar-refractivity contribution < 1.29 is 4.79 Å². The predicted molar refractivity (Wildman–Crippen MR) is 84.5 cm³/mol. The van der Waals surface area contributed by atoms with Gasteiger partial charge in [-0.1, -0.05) is 15.9 Å². The van der Waals surface area contributed by atoms with Crippen LogP contribution in [0.25, 0.3) is 0 Å². The number of halogens is 2. The van der Waals surface area contributed by atoms with E-state index in [1.807, 2.05) is 18.2 Å². The van der Waals surface area contributed by atoms with E-state index in [0.29, 0.717) is 0 Å². The number of hydrogen-bond donors (Lipinski definition) is 2. The first kappa shape index (κ1) is 14.8. The van der Waals surface area contributed by atoms with Gasteiger partial charge in [0.1, 0.15) is 0 Å². The Balaban J connectivity index is 1.89. The van der Waals surface area contributed by atoms with Crippen LogP contribution in [-0.2, 0) is 0 Å². The van der Waals surface area contributed by atoms with Crippen molar-refractivity contribution in [3.8, 4) is 0 Å². The van der Waals surface area contributed by atoms with Gasteiger partial charge < -0.3 is 15.5 Å². The lowest BCUT2D eigenvalue weighted by atomic mass is 10.1. The first-order valence-electron chi connectivity index (χ1n) is 6.25. The molecule has 1 saturated heterocycles. The lowest BCUT2D eigenvalue weighted by Gasteiger charge is -2.29. The van der Waals surface area contributed by atoms with Gasteiger partial charge in [-0.15, -0.1) is 0 Å². The molecule has 0 saturated carbocycles. The molecule has 0 unspecified atom stereocenters. The summed E-state index contributed by atoms with van der Waals surface area (Å²) in [5.74, 6) is 0. The lowest BCUT2D eigenvalue weighted by Crippen LogP contribution is -2.44. The van der Waals surface area contributed by atoms with E-state index in [0.717, 1.165) is 40.6 Å². The van der Waals surface area contributed by atoms with Crippen LogP contribution >= 0.6 is 31.9 Å². The molecule has 2 amide bonds. The van der Waals surface area contributed by atoms with E-state index in [2.05, 4.69) is 54.4 Å². The first-order valence-corrected chi connectivity index (χ1v) is 7.84. The summed E-state index contributed by atoms with van der Waals surface area (Å²) in [7, 11) is 2.11. The summed E-state index contributed by atoms with van der Waals surface area (Å²) in [6, 6.07) is 5.81. The van der Waals surface area contributed by atoms with Crippen molar-refractivity contribution in [3.05, 3.63) is 27.1 Å². The van der Waals surface area contributed by atoms with Crippen LogP contribution in [0, 0.1) is 0 Å². The van der Waals surface area contributed by atoms with E-state index >= 15 is 0 Å². The smallest absolute Gasteiger partial charge is 0.319 e. The molecule has 0 bridgehead atoms. The van der Waals surface area contributed by atoms with Gasteiger partial charge in [0.05, 0.1) is 5.69 Å². The number of amides is 2. The fourth-order valence-electron chi connectivity index (χ4n) is 2.09. The van der Waals surface area contributed by atoms with Crippen LogP contribution in [-0.4, -0.2) is 37.1 Å². The van der Waals surface area contributed by atoms with Crippen molar-refractivity contribution in [2.45, 2.75) is 18.9 Å². The number of piperidine rings is 1. The van der Waals surface area contributed by atoms with Crippen molar-refractivity contribution in [1.82, 2.24) is 10.2 Å². The monoisotopic (exact) mass is 389 g/mol. The lowest BCUT2D eigenvalue weighted by molar-refractivity contribution is 0.221. The highest BCUT2D eigenvalue weighted by Gasteiger charge is 2.18. The Kier molecular flexibility index (Phi) is 5.24. The summed E-state index contributed by atoms with van der Waals surface area (Å²) >= 11 is 6.82. The number of rotatable bonds is 2. The maximum Gasteiger partial charge on any atom is 0.319 e. The zero-order chi connectivity index (χ0) is 13.8. The van der Waals surface area contributed by atoms with E-state index in [9.17, 15) is 4.79 Å². The summed E-state index contributed by atoms with van der Waals surface area (Å²) in [4.78, 5) is 14.2. The summed E-state index contributed by atoms with van der Waals surface area (Å²) in [5.41, 5.74) is 0.764. The van der Waals surface area contributed by atoms with Crippen LogP contribution in [0.4, 0.5) is 10.5 Å². The molecule has 0 spiro atoms. The van der Waals surface area contributed by atoms with E-state index in [4.69, 9.17) is 0 Å². The quantitative estimate of drug-likeness (QED) is 0.812. The van der Waals surface area contributed by atoms with Gasteiger partial charge in [-0.05, 0) is 67.1 Å². The molecule has 1 aliphatic rings. The number of likely N-dealkylation sites (tertiary alicyclic amines) is 1. The highest BCUT2D eigenvalue weighted by Crippen LogP contribution is 2.26. The molecule has 2 N–H and O–H groups in total. The Labute approximate surface area is 130 Å². The Morgan fingerprint density at radius 3 is 2.68 bits per heavy atom. The minimum absolute atomic E-state index is 0.145. The first-order chi connectivity index (χ1) is 9.04. The van der Waals surface area contributed by atoms with Crippen LogP contribution < -0.4 is 10.6 Å². The maximum atomic E-state index is 12.0. The van der Waals surface area contributed by atoms with E-state index < -0.39 is 0 Å². The van der Waals surface area contributed by atoms with Crippen molar-refractivity contribution in [1.29, 1.82) is 0 Å². The Bertz CT molecular complexity index is 459. The third-order valence-corrected chi connectivity index (χ3v) is 4.42. The number of hydrogen-bond acceptors (Lipinski definition) is 2. The van der Waals surface area contributed by atoms with E-state index in [1.54, 1.807) is 0 Å². The number of nitrogens with zero attached hydrogens (tertiary/aromatic N) is 1. The number of carbonyl (C=O) groups is 1. The van der Waals surface area contributed by atoms with Crippen molar-refractivity contribution in [3.63, 3.8) is 0 Å². The molecule has 6 heteroatoms. The van der Waals surface area contributed by atoms with Crippen molar-refractivity contribution >= 4 is 43.6 Å². The number of anilines is 1. The molecule has 2 rings (SSSR count). The van der Waals surface area contributed by atoms with Gasteiger partial charge in [0.15, 0.2) is 0 Å². The molecule has 0 aliphatic carbocycles. The zero-order valence-corrected chi connectivity index (χ0v) is 13.9. The van der Waals surface area contributed by atoms with Gasteiger partial charge in [-0.3, -0.25) is 0 Å². The molecule has 1 heterocycles. The average molecular weight is 391 g/mol. The SMILES string of the molecule is CN1CCC(NC(=O)Nc2cc(Br)ccc2Br)CC1. The van der Waals surface area contributed by atoms with Crippen LogP contribution in [0.15, 0.2) is 27.1 Å². The third-order valence-electron chi connectivity index (χ3n) is 3.23. The normalized spacial score (nSPS) is 17.2. The number of nitrogens with one attached hydrogen (secondary N) is 2. The topological polar surface area (TPSA) is 44.4 Å². The predicted octanol–water partition coefficient (Wildman–Crippen LogP) is 3.43. The van der Waals surface area contributed by atoms with E-state index in [-0.39, 0.29) is 12.1 Å². The molecule has 0 radical (unpaired) electrons. The van der Waals surface area contributed by atoms with Crippen LogP contribution in [0.3, 0.4) is 0 Å². The Morgan fingerprint density at radius 1 is 1.32 bits per heavy atom. The second-order valence-corrected chi connectivity index (χ2v) is 6.57. The van der Waals surface area contributed by atoms with Gasteiger partial charge in [-0.2, -0.15) is 0 Å². The molecule has 1 fully saturated rings. The highest BCUT2D eigenvalue weighted by molar-refractivity contribution is 9.11. The maximum absolute atomic E-state index is 12.0. The fourth-order valence-corrected chi connectivity index (χ4v) is 2.80. The van der Waals surface area contributed by atoms with Crippen LogP contribution in [0.1, 0.15) is 12.8 Å². The van der Waals surface area contributed by atoms with Gasteiger partial charge >= 0.3 is 6.03 Å². The second-order valence-electron chi connectivity index (χ2n) is 4.80. The highest BCUT2D eigenvalue weighted by atomic mass is 79.9. The summed E-state index contributed by atoms with van der Waals surface area (Å²) in [5, 5.41) is 5.89. The minimum Gasteiger partial charge on any atom is -0.335 e. The van der Waals surface area contributed by atoms with Gasteiger partial charge in [-0.25, -0.2) is 4.79 Å². The molecule has 4 nitrogen and oxygen atoms in total. The number of urea groups is 1. The standard InChI is InChI=1S/C13H17Br2N3O/c1-18-6-4-10(5-7-18)16-13(19)17-12-8-9(14)2-3-11(12)15/h2-3,8,10H,4-7H2,1H3,(H2,16,17,19). The Morgan fingerprint density at radius 2 is 2.00 bits per heavy atom. The molecule has 19 heavy (non-hydrogen) atoms. The molecule has 1 aromatic rings. The van der Waals surface area contributed by atoms with Crippen molar-refractivity contribution in [2.24, 2.45) is 0 Å². The van der Waals surface area contributed by atoms with Gasteiger partial charge in [0.25, 0.3) is 0 Å². The molecular weight excluding hydrogens is 374 g/mol. The molecule has 0 atom stereocenters. The largest absolute Gasteiger partial charge is 0.335 e. The van der Waals surface area contributed by atoms with Crippen molar-refractivity contribution in [2.75, 3.05) is 25.5 Å². The van der Waals surface area contributed by atoms with E-state index in [1.165, 1.54) is 0 Å². The molecule has 0 aromatic heterocycles. The molecule has 1 aromatic carbocycles. The average Bonchev–Trinajstić information content (AvgIpc) is 2.37. The number of benzene rings is 1. The number of carbonyl (C=O) groups excluding carboxylic acids is 1. The summed E-state index contributed by atoms with van der Waals surface area (Å²) in [6.07, 6.45) is 2.01. The zero-order valence-electron chi connectivity index (χ0n) is 10.7. The Hall–Kier alpha value is -0.590. The summed E-state index contributed by atoms with van der Waals surface area (Å²) < 4.78 is 1.81. The van der Waals surface area contributed by atoms with Gasteiger partial charge in [0.2, 0.25) is 0 Å². The van der Waals surface area contributed by atoms with Gasteiger partial charge in [0, 0.05) is 15.0 Å². The minimum atomic E-state index is -0.145.